The third-order valence-corrected chi connectivity index (χ3v) is 2.81. The van der Waals surface area contributed by atoms with Crippen molar-refractivity contribution in [3.05, 3.63) is 40.4 Å². The highest BCUT2D eigenvalue weighted by atomic mass is 79.9. The van der Waals surface area contributed by atoms with Gasteiger partial charge in [0.1, 0.15) is 6.17 Å². The molecule has 2 heteroatoms. The van der Waals surface area contributed by atoms with E-state index in [-0.39, 0.29) is 0 Å². The van der Waals surface area contributed by atoms with Crippen molar-refractivity contribution in [2.75, 3.05) is 0 Å². The van der Waals surface area contributed by atoms with Gasteiger partial charge in [-0.15, -0.1) is 0 Å². The van der Waals surface area contributed by atoms with E-state index in [1.54, 1.807) is 0 Å². The van der Waals surface area contributed by atoms with Crippen molar-refractivity contribution < 1.29 is 4.39 Å². The second kappa shape index (κ2) is 3.62. The van der Waals surface area contributed by atoms with Gasteiger partial charge < -0.3 is 0 Å². The molecule has 0 aliphatic heterocycles. The van der Waals surface area contributed by atoms with Crippen LogP contribution in [0.3, 0.4) is 0 Å². The van der Waals surface area contributed by atoms with Crippen LogP contribution in [0.25, 0.3) is 5.57 Å². The molecule has 2 rings (SSSR count). The number of allylic oxidation sites excluding steroid dienone is 2. The zero-order valence-corrected chi connectivity index (χ0v) is 8.72. The topological polar surface area (TPSA) is 0 Å². The van der Waals surface area contributed by atoms with Crippen molar-refractivity contribution in [2.24, 2.45) is 0 Å². The minimum atomic E-state index is -0.668. The highest BCUT2D eigenvalue weighted by molar-refractivity contribution is 9.10. The molecule has 0 radical (unpaired) electrons. The maximum Gasteiger partial charge on any atom is 0.108 e. The van der Waals surface area contributed by atoms with E-state index in [0.29, 0.717) is 12.8 Å². The molecule has 1 aromatic rings. The fraction of sp³-hybridized carbons (Fsp3) is 0.273. The van der Waals surface area contributed by atoms with Crippen LogP contribution in [0.1, 0.15) is 18.4 Å². The molecule has 0 fully saturated rings. The van der Waals surface area contributed by atoms with Crippen LogP contribution in [0, 0.1) is 0 Å². The quantitative estimate of drug-likeness (QED) is 0.697. The molecule has 0 aromatic heterocycles. The third kappa shape index (κ3) is 1.99. The number of benzene rings is 1. The van der Waals surface area contributed by atoms with Gasteiger partial charge in [0.05, 0.1) is 0 Å². The predicted molar refractivity (Wildman–Crippen MR) is 56.2 cm³/mol. The molecule has 0 N–H and O–H groups in total. The van der Waals surface area contributed by atoms with Gasteiger partial charge in [-0.3, -0.25) is 0 Å². The molecule has 0 saturated heterocycles. The molecule has 0 spiro atoms. The maximum atomic E-state index is 12.9. The Bertz CT molecular complexity index is 326. The van der Waals surface area contributed by atoms with E-state index < -0.39 is 6.17 Å². The Morgan fingerprint density at radius 1 is 1.23 bits per heavy atom. The van der Waals surface area contributed by atoms with Gasteiger partial charge in [-0.05, 0) is 29.7 Å². The number of alkyl halides is 1. The fourth-order valence-corrected chi connectivity index (χ4v) is 1.84. The minimum Gasteiger partial charge on any atom is -0.247 e. The van der Waals surface area contributed by atoms with Crippen LogP contribution < -0.4 is 0 Å². The second-order valence-corrected chi connectivity index (χ2v) is 4.19. The Morgan fingerprint density at radius 2 is 1.92 bits per heavy atom. The van der Waals surface area contributed by atoms with Crippen molar-refractivity contribution in [1.82, 2.24) is 0 Å². The lowest BCUT2D eigenvalue weighted by molar-refractivity contribution is 0.355. The summed E-state index contributed by atoms with van der Waals surface area (Å²) in [7, 11) is 0. The van der Waals surface area contributed by atoms with Crippen LogP contribution >= 0.6 is 15.9 Å². The van der Waals surface area contributed by atoms with Gasteiger partial charge in [-0.2, -0.15) is 0 Å². The van der Waals surface area contributed by atoms with Crippen LogP contribution in [0.2, 0.25) is 0 Å². The monoisotopic (exact) mass is 240 g/mol. The van der Waals surface area contributed by atoms with Crippen molar-refractivity contribution in [3.63, 3.8) is 0 Å². The molecule has 0 saturated carbocycles. The maximum absolute atomic E-state index is 12.9. The summed E-state index contributed by atoms with van der Waals surface area (Å²) in [6.07, 6.45) is 2.47. The van der Waals surface area contributed by atoms with E-state index in [1.165, 1.54) is 0 Å². The average Bonchev–Trinajstić information content (AvgIpc) is 2.53. The smallest absolute Gasteiger partial charge is 0.108 e. The van der Waals surface area contributed by atoms with Gasteiger partial charge in [-0.1, -0.05) is 34.1 Å². The SMILES string of the molecule is FC1CC=C(c2ccc(Br)cc2)C1. The zero-order chi connectivity index (χ0) is 9.26. The Morgan fingerprint density at radius 3 is 2.46 bits per heavy atom. The lowest BCUT2D eigenvalue weighted by Gasteiger charge is -2.02. The van der Waals surface area contributed by atoms with Gasteiger partial charge in [0, 0.05) is 10.9 Å². The van der Waals surface area contributed by atoms with Crippen LogP contribution in [0.15, 0.2) is 34.8 Å². The first-order valence-corrected chi connectivity index (χ1v) is 5.14. The summed E-state index contributed by atoms with van der Waals surface area (Å²) in [5.74, 6) is 0. The molecule has 1 aliphatic rings. The van der Waals surface area contributed by atoms with Crippen LogP contribution in [-0.2, 0) is 0 Å². The first-order valence-electron chi connectivity index (χ1n) is 4.35. The summed E-state index contributed by atoms with van der Waals surface area (Å²) >= 11 is 3.37. The molecule has 0 nitrogen and oxygen atoms in total. The van der Waals surface area contributed by atoms with E-state index in [9.17, 15) is 4.39 Å². The molecular formula is C11H10BrF. The molecule has 0 bridgehead atoms. The summed E-state index contributed by atoms with van der Waals surface area (Å²) in [6, 6.07) is 8.02. The molecule has 1 atom stereocenters. The largest absolute Gasteiger partial charge is 0.247 e. The van der Waals surface area contributed by atoms with E-state index in [2.05, 4.69) is 15.9 Å². The van der Waals surface area contributed by atoms with Gasteiger partial charge >= 0.3 is 0 Å². The molecule has 1 unspecified atom stereocenters. The normalized spacial score (nSPS) is 21.7. The molecule has 0 heterocycles. The summed E-state index contributed by atoms with van der Waals surface area (Å²) < 4.78 is 13.9. The number of rotatable bonds is 1. The van der Waals surface area contributed by atoms with Crippen molar-refractivity contribution >= 4 is 21.5 Å². The predicted octanol–water partition coefficient (Wildman–Crippen LogP) is 3.96. The third-order valence-electron chi connectivity index (χ3n) is 2.28. The van der Waals surface area contributed by atoms with E-state index >= 15 is 0 Å². The minimum absolute atomic E-state index is 0.571. The Hall–Kier alpha value is -0.630. The number of hydrogen-bond donors (Lipinski definition) is 0. The lowest BCUT2D eigenvalue weighted by atomic mass is 10.1. The molecule has 1 aliphatic carbocycles. The number of hydrogen-bond acceptors (Lipinski definition) is 0. The summed E-state index contributed by atoms with van der Waals surface area (Å²) in [6.45, 7) is 0. The van der Waals surface area contributed by atoms with Gasteiger partial charge in [0.2, 0.25) is 0 Å². The van der Waals surface area contributed by atoms with E-state index in [4.69, 9.17) is 0 Å². The van der Waals surface area contributed by atoms with Crippen LogP contribution in [0.5, 0.6) is 0 Å². The Kier molecular flexibility index (Phi) is 2.49. The standard InChI is InChI=1S/C11H10BrF/c12-10-4-1-8(2-5-10)9-3-6-11(13)7-9/h1-5,11H,6-7H2. The summed E-state index contributed by atoms with van der Waals surface area (Å²) in [4.78, 5) is 0. The van der Waals surface area contributed by atoms with E-state index in [1.807, 2.05) is 30.3 Å². The molecule has 1 aromatic carbocycles. The average molecular weight is 241 g/mol. The second-order valence-electron chi connectivity index (χ2n) is 3.27. The van der Waals surface area contributed by atoms with Gasteiger partial charge in [0.15, 0.2) is 0 Å². The van der Waals surface area contributed by atoms with Gasteiger partial charge in [0.25, 0.3) is 0 Å². The Labute approximate surface area is 85.6 Å². The van der Waals surface area contributed by atoms with E-state index in [0.717, 1.165) is 15.6 Å². The fourth-order valence-electron chi connectivity index (χ4n) is 1.58. The zero-order valence-electron chi connectivity index (χ0n) is 7.13. The molecule has 0 amide bonds. The summed E-state index contributed by atoms with van der Waals surface area (Å²) in [5, 5.41) is 0. The molecule has 13 heavy (non-hydrogen) atoms. The van der Waals surface area contributed by atoms with Crippen LogP contribution in [-0.4, -0.2) is 6.17 Å². The highest BCUT2D eigenvalue weighted by Crippen LogP contribution is 2.30. The van der Waals surface area contributed by atoms with Crippen molar-refractivity contribution in [1.29, 1.82) is 0 Å². The summed E-state index contributed by atoms with van der Waals surface area (Å²) in [5.41, 5.74) is 2.28. The number of halogens is 2. The first-order chi connectivity index (χ1) is 6.25. The molecular weight excluding hydrogens is 231 g/mol. The Balaban J connectivity index is 2.22. The molecule has 68 valence electrons. The highest BCUT2D eigenvalue weighted by Gasteiger charge is 2.16. The van der Waals surface area contributed by atoms with Gasteiger partial charge in [-0.25, -0.2) is 4.39 Å². The van der Waals surface area contributed by atoms with Crippen molar-refractivity contribution in [2.45, 2.75) is 19.0 Å². The lowest BCUT2D eigenvalue weighted by Crippen LogP contribution is -1.90. The first kappa shape index (κ1) is 8.95. The van der Waals surface area contributed by atoms with Crippen LogP contribution in [0.4, 0.5) is 4.39 Å². The van der Waals surface area contributed by atoms with Crippen molar-refractivity contribution in [3.8, 4) is 0 Å².